The molecular weight excluding hydrogens is 230 g/mol. The van der Waals surface area contributed by atoms with Crippen LogP contribution in [0.5, 0.6) is 11.5 Å². The van der Waals surface area contributed by atoms with Gasteiger partial charge in [0.15, 0.2) is 11.5 Å². The fourth-order valence-corrected chi connectivity index (χ4v) is 2.49. The molecule has 1 aromatic carbocycles. The van der Waals surface area contributed by atoms with Crippen molar-refractivity contribution >= 4 is 5.69 Å². The number of rotatable bonds is 2. The third-order valence-corrected chi connectivity index (χ3v) is 3.43. The number of fused-ring (bicyclic) bond motifs is 1. The highest BCUT2D eigenvalue weighted by Crippen LogP contribution is 2.42. The summed E-state index contributed by atoms with van der Waals surface area (Å²) in [6.07, 6.45) is 0. The normalized spacial score (nSPS) is 18.8. The Labute approximate surface area is 107 Å². The predicted molar refractivity (Wildman–Crippen MR) is 70.4 cm³/mol. The molecule has 3 N–H and O–H groups in total. The van der Waals surface area contributed by atoms with Gasteiger partial charge in [-0.2, -0.15) is 0 Å². The highest BCUT2D eigenvalue weighted by atomic mass is 16.6. The van der Waals surface area contributed by atoms with E-state index in [1.54, 1.807) is 0 Å². The van der Waals surface area contributed by atoms with Crippen molar-refractivity contribution in [2.45, 2.75) is 6.54 Å². The van der Waals surface area contributed by atoms with Gasteiger partial charge in [0.2, 0.25) is 0 Å². The number of piperazine rings is 1. The second-order valence-electron chi connectivity index (χ2n) is 4.54. The van der Waals surface area contributed by atoms with Crippen LogP contribution < -0.4 is 25.4 Å². The van der Waals surface area contributed by atoms with E-state index >= 15 is 0 Å². The summed E-state index contributed by atoms with van der Waals surface area (Å²) >= 11 is 0. The summed E-state index contributed by atoms with van der Waals surface area (Å²) in [6, 6.07) is 4.14. The lowest BCUT2D eigenvalue weighted by molar-refractivity contribution is 0.170. The van der Waals surface area contributed by atoms with Crippen LogP contribution in [0.25, 0.3) is 0 Å². The number of nitrogens with two attached hydrogens (primary N) is 1. The predicted octanol–water partition coefficient (Wildman–Crippen LogP) is 0.326. The molecule has 0 spiro atoms. The molecule has 2 heterocycles. The SMILES string of the molecule is NCc1ccc(N2CCNCC2)c2c1OCCO2. The molecule has 98 valence electrons. The van der Waals surface area contributed by atoms with E-state index in [0.717, 1.165) is 48.9 Å². The molecule has 1 saturated heterocycles. The number of hydrogen-bond donors (Lipinski definition) is 2. The summed E-state index contributed by atoms with van der Waals surface area (Å²) in [4.78, 5) is 2.34. The van der Waals surface area contributed by atoms with Crippen molar-refractivity contribution in [3.05, 3.63) is 17.7 Å². The molecule has 1 fully saturated rings. The smallest absolute Gasteiger partial charge is 0.184 e. The third-order valence-electron chi connectivity index (χ3n) is 3.43. The Balaban J connectivity index is 1.98. The maximum atomic E-state index is 5.81. The zero-order chi connectivity index (χ0) is 12.4. The van der Waals surface area contributed by atoms with Gasteiger partial charge in [0, 0.05) is 38.3 Å². The van der Waals surface area contributed by atoms with E-state index in [9.17, 15) is 0 Å². The number of hydrogen-bond acceptors (Lipinski definition) is 5. The summed E-state index contributed by atoms with van der Waals surface area (Å²) in [7, 11) is 0. The van der Waals surface area contributed by atoms with Crippen molar-refractivity contribution in [1.29, 1.82) is 0 Å². The lowest BCUT2D eigenvalue weighted by Crippen LogP contribution is -2.43. The van der Waals surface area contributed by atoms with Gasteiger partial charge < -0.3 is 25.4 Å². The molecule has 0 radical (unpaired) electrons. The summed E-state index contributed by atoms with van der Waals surface area (Å²) in [5, 5.41) is 3.35. The minimum Gasteiger partial charge on any atom is -0.486 e. The van der Waals surface area contributed by atoms with Crippen LogP contribution in [0, 0.1) is 0 Å². The molecule has 2 aliphatic rings. The van der Waals surface area contributed by atoms with E-state index < -0.39 is 0 Å². The molecule has 0 atom stereocenters. The minimum absolute atomic E-state index is 0.480. The summed E-state index contributed by atoms with van der Waals surface area (Å²) in [5.74, 6) is 1.70. The second-order valence-corrected chi connectivity index (χ2v) is 4.54. The lowest BCUT2D eigenvalue weighted by atomic mass is 10.1. The van der Waals surface area contributed by atoms with Crippen molar-refractivity contribution in [2.75, 3.05) is 44.3 Å². The highest BCUT2D eigenvalue weighted by Gasteiger charge is 2.23. The number of nitrogens with zero attached hydrogens (tertiary/aromatic N) is 1. The van der Waals surface area contributed by atoms with E-state index in [4.69, 9.17) is 15.2 Å². The van der Waals surface area contributed by atoms with E-state index in [1.165, 1.54) is 0 Å². The molecule has 18 heavy (non-hydrogen) atoms. The second kappa shape index (κ2) is 5.04. The minimum atomic E-state index is 0.480. The first-order valence-corrected chi connectivity index (χ1v) is 6.47. The lowest BCUT2D eigenvalue weighted by Gasteiger charge is -2.33. The van der Waals surface area contributed by atoms with Crippen LogP contribution in [0.15, 0.2) is 12.1 Å². The fourth-order valence-electron chi connectivity index (χ4n) is 2.49. The topological polar surface area (TPSA) is 59.8 Å². The summed E-state index contributed by atoms with van der Waals surface area (Å²) < 4.78 is 11.5. The molecule has 5 heteroatoms. The Morgan fingerprint density at radius 1 is 1.11 bits per heavy atom. The Bertz CT molecular complexity index is 430. The first-order chi connectivity index (χ1) is 8.90. The van der Waals surface area contributed by atoms with Crippen molar-refractivity contribution in [3.63, 3.8) is 0 Å². The first kappa shape index (κ1) is 11.6. The van der Waals surface area contributed by atoms with Crippen LogP contribution >= 0.6 is 0 Å². The largest absolute Gasteiger partial charge is 0.486 e. The Morgan fingerprint density at radius 2 is 1.83 bits per heavy atom. The van der Waals surface area contributed by atoms with Crippen molar-refractivity contribution in [1.82, 2.24) is 5.32 Å². The molecule has 0 aliphatic carbocycles. The maximum absolute atomic E-state index is 5.81. The molecule has 0 unspecified atom stereocenters. The molecule has 2 aliphatic heterocycles. The van der Waals surface area contributed by atoms with Crippen LogP contribution in [0.3, 0.4) is 0 Å². The van der Waals surface area contributed by atoms with Crippen molar-refractivity contribution in [3.8, 4) is 11.5 Å². The van der Waals surface area contributed by atoms with Gasteiger partial charge in [-0.15, -0.1) is 0 Å². The standard InChI is InChI=1S/C13H19N3O2/c14-9-10-1-2-11(16-5-3-15-4-6-16)13-12(10)17-7-8-18-13/h1-2,15H,3-9,14H2. The van der Waals surface area contributed by atoms with Gasteiger partial charge in [-0.3, -0.25) is 0 Å². The molecule has 5 nitrogen and oxygen atoms in total. The number of anilines is 1. The molecule has 0 aromatic heterocycles. The van der Waals surface area contributed by atoms with Gasteiger partial charge in [-0.1, -0.05) is 6.07 Å². The van der Waals surface area contributed by atoms with Gasteiger partial charge in [0.1, 0.15) is 13.2 Å². The van der Waals surface area contributed by atoms with Crippen molar-refractivity contribution in [2.24, 2.45) is 5.73 Å². The molecule has 0 saturated carbocycles. The summed E-state index contributed by atoms with van der Waals surface area (Å²) in [6.45, 7) is 5.71. The number of ether oxygens (including phenoxy) is 2. The highest BCUT2D eigenvalue weighted by molar-refractivity contribution is 5.68. The molecule has 1 aromatic rings. The monoisotopic (exact) mass is 249 g/mol. The van der Waals surface area contributed by atoms with Gasteiger partial charge in [0.25, 0.3) is 0 Å². The zero-order valence-electron chi connectivity index (χ0n) is 10.4. The fraction of sp³-hybridized carbons (Fsp3) is 0.538. The van der Waals surface area contributed by atoms with E-state index in [1.807, 2.05) is 6.07 Å². The van der Waals surface area contributed by atoms with Crippen LogP contribution in [0.2, 0.25) is 0 Å². The third kappa shape index (κ3) is 2.00. The average molecular weight is 249 g/mol. The number of benzene rings is 1. The van der Waals surface area contributed by atoms with Crippen LogP contribution in [0.4, 0.5) is 5.69 Å². The Morgan fingerprint density at radius 3 is 2.56 bits per heavy atom. The number of nitrogens with one attached hydrogen (secondary N) is 1. The maximum Gasteiger partial charge on any atom is 0.184 e. The average Bonchev–Trinajstić information content (AvgIpc) is 2.47. The van der Waals surface area contributed by atoms with Gasteiger partial charge in [-0.25, -0.2) is 0 Å². The quantitative estimate of drug-likeness (QED) is 0.791. The van der Waals surface area contributed by atoms with Gasteiger partial charge in [-0.05, 0) is 6.07 Å². The van der Waals surface area contributed by atoms with Gasteiger partial charge in [0.05, 0.1) is 5.69 Å². The molecule has 3 rings (SSSR count). The first-order valence-electron chi connectivity index (χ1n) is 6.47. The van der Waals surface area contributed by atoms with E-state index in [-0.39, 0.29) is 0 Å². The van der Waals surface area contributed by atoms with Crippen LogP contribution in [-0.4, -0.2) is 39.4 Å². The van der Waals surface area contributed by atoms with E-state index in [2.05, 4.69) is 16.3 Å². The molecule has 0 amide bonds. The van der Waals surface area contributed by atoms with Gasteiger partial charge >= 0.3 is 0 Å². The molecule has 0 bridgehead atoms. The van der Waals surface area contributed by atoms with E-state index in [0.29, 0.717) is 19.8 Å². The van der Waals surface area contributed by atoms with Crippen molar-refractivity contribution < 1.29 is 9.47 Å². The van der Waals surface area contributed by atoms with Crippen LogP contribution in [0.1, 0.15) is 5.56 Å². The Hall–Kier alpha value is -1.46. The Kier molecular flexibility index (Phi) is 3.25. The molecular formula is C13H19N3O2. The summed E-state index contributed by atoms with van der Waals surface area (Å²) in [5.41, 5.74) is 7.89. The zero-order valence-corrected chi connectivity index (χ0v) is 10.4. The van der Waals surface area contributed by atoms with Crippen LogP contribution in [-0.2, 0) is 6.54 Å².